The number of nitrogens with one attached hydrogen (secondary N) is 1. The summed E-state index contributed by atoms with van der Waals surface area (Å²) in [6.07, 6.45) is -4.16. The van der Waals surface area contributed by atoms with Crippen molar-refractivity contribution >= 4 is 14.2 Å². The van der Waals surface area contributed by atoms with E-state index in [-0.39, 0.29) is 5.95 Å². The Kier molecular flexibility index (Phi) is 4.85. The molecular weight excluding hydrogens is 243 g/mol. The standard InChI is InChI=1S/C8H14F3NO3Si/c1-14-6(15-16(2,3)4)5-12-7(13)8(9,10)11/h5H,1-4H3,(H,12,13)/b6-5+. The number of methoxy groups -OCH3 is 1. The fourth-order valence-corrected chi connectivity index (χ4v) is 1.38. The van der Waals surface area contributed by atoms with Crippen molar-refractivity contribution in [2.45, 2.75) is 25.8 Å². The van der Waals surface area contributed by atoms with Crippen molar-refractivity contribution in [3.05, 3.63) is 12.1 Å². The van der Waals surface area contributed by atoms with Crippen LogP contribution in [0.15, 0.2) is 12.1 Å². The molecule has 0 fully saturated rings. The lowest BCUT2D eigenvalue weighted by atomic mass is 10.6. The number of amides is 1. The molecule has 0 aliphatic carbocycles. The number of alkyl halides is 3. The number of ether oxygens (including phenoxy) is 1. The SMILES string of the molecule is CO/C(=C\NC(=O)C(F)(F)F)O[Si](C)(C)C. The first kappa shape index (κ1) is 14.8. The normalized spacial score (nSPS) is 13.3. The minimum Gasteiger partial charge on any atom is -0.519 e. The molecule has 0 saturated heterocycles. The van der Waals surface area contributed by atoms with Gasteiger partial charge in [0.15, 0.2) is 0 Å². The molecule has 0 aliphatic heterocycles. The highest BCUT2D eigenvalue weighted by molar-refractivity contribution is 6.69. The van der Waals surface area contributed by atoms with Crippen molar-refractivity contribution in [2.75, 3.05) is 7.11 Å². The number of hydrogen-bond donors (Lipinski definition) is 1. The molecule has 1 amide bonds. The smallest absolute Gasteiger partial charge is 0.471 e. The highest BCUT2D eigenvalue weighted by Crippen LogP contribution is 2.15. The molecule has 0 atom stereocenters. The van der Waals surface area contributed by atoms with E-state index in [1.807, 2.05) is 19.6 Å². The van der Waals surface area contributed by atoms with Gasteiger partial charge in [-0.3, -0.25) is 4.79 Å². The molecule has 0 radical (unpaired) electrons. The summed E-state index contributed by atoms with van der Waals surface area (Å²) in [5.74, 6) is -2.21. The fourth-order valence-electron chi connectivity index (χ4n) is 0.638. The molecule has 0 aliphatic rings. The van der Waals surface area contributed by atoms with Gasteiger partial charge in [0.2, 0.25) is 8.32 Å². The Hall–Kier alpha value is -1.18. The predicted molar refractivity (Wildman–Crippen MR) is 53.7 cm³/mol. The Balaban J connectivity index is 4.45. The predicted octanol–water partition coefficient (Wildman–Crippen LogP) is 1.96. The molecule has 0 bridgehead atoms. The van der Waals surface area contributed by atoms with Gasteiger partial charge in [-0.25, -0.2) is 0 Å². The van der Waals surface area contributed by atoms with E-state index in [2.05, 4.69) is 4.74 Å². The van der Waals surface area contributed by atoms with Gasteiger partial charge in [-0.1, -0.05) is 0 Å². The van der Waals surface area contributed by atoms with Crippen molar-refractivity contribution in [1.29, 1.82) is 0 Å². The Morgan fingerprint density at radius 1 is 1.31 bits per heavy atom. The molecule has 0 rings (SSSR count). The van der Waals surface area contributed by atoms with Crippen LogP contribution in [0.5, 0.6) is 0 Å². The molecule has 0 saturated carbocycles. The summed E-state index contributed by atoms with van der Waals surface area (Å²) in [6, 6.07) is 0. The average Bonchev–Trinajstić information content (AvgIpc) is 2.08. The van der Waals surface area contributed by atoms with E-state index in [0.29, 0.717) is 0 Å². The van der Waals surface area contributed by atoms with Crippen molar-refractivity contribution in [2.24, 2.45) is 0 Å². The van der Waals surface area contributed by atoms with Gasteiger partial charge in [0, 0.05) is 0 Å². The maximum Gasteiger partial charge on any atom is 0.471 e. The molecule has 0 spiro atoms. The zero-order valence-corrected chi connectivity index (χ0v) is 10.4. The van der Waals surface area contributed by atoms with Crippen LogP contribution in [0.1, 0.15) is 0 Å². The molecule has 4 nitrogen and oxygen atoms in total. The van der Waals surface area contributed by atoms with Crippen LogP contribution >= 0.6 is 0 Å². The van der Waals surface area contributed by atoms with Gasteiger partial charge in [0.05, 0.1) is 13.3 Å². The molecule has 94 valence electrons. The topological polar surface area (TPSA) is 47.6 Å². The monoisotopic (exact) mass is 257 g/mol. The minimum atomic E-state index is -4.92. The lowest BCUT2D eigenvalue weighted by molar-refractivity contribution is -0.172. The van der Waals surface area contributed by atoms with E-state index in [1.54, 1.807) is 5.32 Å². The van der Waals surface area contributed by atoms with Crippen molar-refractivity contribution in [1.82, 2.24) is 5.32 Å². The second-order valence-electron chi connectivity index (χ2n) is 3.85. The molecule has 0 aromatic heterocycles. The van der Waals surface area contributed by atoms with E-state index in [1.165, 1.54) is 7.11 Å². The highest BCUT2D eigenvalue weighted by Gasteiger charge is 2.38. The van der Waals surface area contributed by atoms with Gasteiger partial charge in [0.1, 0.15) is 0 Å². The van der Waals surface area contributed by atoms with Gasteiger partial charge in [0.25, 0.3) is 5.95 Å². The second kappa shape index (κ2) is 5.24. The highest BCUT2D eigenvalue weighted by atomic mass is 28.4. The fraction of sp³-hybridized carbons (Fsp3) is 0.625. The van der Waals surface area contributed by atoms with Crippen molar-refractivity contribution < 1.29 is 27.1 Å². The number of hydrogen-bond acceptors (Lipinski definition) is 3. The van der Waals surface area contributed by atoms with Crippen LogP contribution in [0.25, 0.3) is 0 Å². The van der Waals surface area contributed by atoms with Gasteiger partial charge in [-0.05, 0) is 19.6 Å². The molecular formula is C8H14F3NO3Si. The largest absolute Gasteiger partial charge is 0.519 e. The molecule has 16 heavy (non-hydrogen) atoms. The molecule has 0 aromatic carbocycles. The van der Waals surface area contributed by atoms with Gasteiger partial charge >= 0.3 is 12.1 Å². The van der Waals surface area contributed by atoms with Crippen LogP contribution < -0.4 is 5.32 Å². The molecule has 0 heterocycles. The van der Waals surface area contributed by atoms with Crippen LogP contribution in [-0.4, -0.2) is 27.5 Å². The average molecular weight is 257 g/mol. The Morgan fingerprint density at radius 2 is 1.81 bits per heavy atom. The summed E-state index contributed by atoms with van der Waals surface area (Å²) < 4.78 is 45.4. The molecule has 8 heteroatoms. The Morgan fingerprint density at radius 3 is 2.12 bits per heavy atom. The van der Waals surface area contributed by atoms with Crippen LogP contribution in [0.2, 0.25) is 19.6 Å². The molecule has 0 aromatic rings. The first-order valence-corrected chi connectivity index (χ1v) is 7.78. The first-order chi connectivity index (χ1) is 7.06. The summed E-state index contributed by atoms with van der Waals surface area (Å²) in [5, 5.41) is 1.54. The lowest BCUT2D eigenvalue weighted by Crippen LogP contribution is -2.34. The van der Waals surface area contributed by atoms with Crippen LogP contribution in [0.3, 0.4) is 0 Å². The van der Waals surface area contributed by atoms with Crippen molar-refractivity contribution in [3.8, 4) is 0 Å². The molecule has 1 N–H and O–H groups in total. The zero-order valence-electron chi connectivity index (χ0n) is 9.44. The quantitative estimate of drug-likeness (QED) is 0.618. The third-order valence-corrected chi connectivity index (χ3v) is 2.00. The van der Waals surface area contributed by atoms with E-state index < -0.39 is 20.4 Å². The third-order valence-electron chi connectivity index (χ3n) is 1.19. The number of halogens is 3. The summed E-state index contributed by atoms with van der Waals surface area (Å²) in [7, 11) is -0.743. The maximum absolute atomic E-state index is 11.8. The van der Waals surface area contributed by atoms with Gasteiger partial charge in [-0.2, -0.15) is 13.2 Å². The summed E-state index contributed by atoms with van der Waals surface area (Å²) >= 11 is 0. The van der Waals surface area contributed by atoms with E-state index in [0.717, 1.165) is 6.20 Å². The number of carbonyl (C=O) groups excluding carboxylic acids is 1. The van der Waals surface area contributed by atoms with Gasteiger partial charge in [-0.15, -0.1) is 0 Å². The summed E-state index contributed by atoms with van der Waals surface area (Å²) in [5.41, 5.74) is 0. The Bertz CT molecular complexity index is 283. The van der Waals surface area contributed by atoms with Crippen LogP contribution in [0, 0.1) is 0 Å². The first-order valence-electron chi connectivity index (χ1n) is 4.37. The van der Waals surface area contributed by atoms with Crippen LogP contribution in [0.4, 0.5) is 13.2 Å². The zero-order chi connectivity index (χ0) is 13.0. The Labute approximate surface area is 92.5 Å². The second-order valence-corrected chi connectivity index (χ2v) is 8.28. The van der Waals surface area contributed by atoms with E-state index in [9.17, 15) is 18.0 Å². The van der Waals surface area contributed by atoms with Crippen molar-refractivity contribution in [3.63, 3.8) is 0 Å². The molecule has 0 unspecified atom stereocenters. The van der Waals surface area contributed by atoms with Gasteiger partial charge < -0.3 is 14.5 Å². The maximum atomic E-state index is 11.8. The lowest BCUT2D eigenvalue weighted by Gasteiger charge is -2.20. The van der Waals surface area contributed by atoms with E-state index in [4.69, 9.17) is 4.43 Å². The summed E-state index contributed by atoms with van der Waals surface area (Å²) in [6.45, 7) is 5.47. The number of rotatable bonds is 4. The minimum absolute atomic E-state index is 0.142. The number of carbonyl (C=O) groups is 1. The third kappa shape index (κ3) is 6.33. The van der Waals surface area contributed by atoms with Crippen LogP contribution in [-0.2, 0) is 14.0 Å². The summed E-state index contributed by atoms with van der Waals surface area (Å²) in [4.78, 5) is 10.5. The van der Waals surface area contributed by atoms with E-state index >= 15 is 0 Å².